The van der Waals surface area contributed by atoms with E-state index < -0.39 is 0 Å². The summed E-state index contributed by atoms with van der Waals surface area (Å²) in [4.78, 5) is 15.0. The van der Waals surface area contributed by atoms with Gasteiger partial charge in [-0.2, -0.15) is 0 Å². The molecular formula is C21H25NO4. The molecule has 0 saturated carbocycles. The van der Waals surface area contributed by atoms with Gasteiger partial charge in [-0.15, -0.1) is 0 Å². The number of ether oxygens (including phenoxy) is 3. The number of nitrogens with zero attached hydrogens (tertiary/aromatic N) is 1. The van der Waals surface area contributed by atoms with Gasteiger partial charge in [0.1, 0.15) is 5.75 Å². The van der Waals surface area contributed by atoms with Crippen molar-refractivity contribution in [2.24, 2.45) is 0 Å². The first-order valence-corrected chi connectivity index (χ1v) is 9.06. The lowest BCUT2D eigenvalue weighted by molar-refractivity contribution is 0.0984. The van der Waals surface area contributed by atoms with Gasteiger partial charge in [-0.3, -0.25) is 4.79 Å². The molecule has 2 aromatic carbocycles. The van der Waals surface area contributed by atoms with Crippen LogP contribution in [0.1, 0.15) is 36.2 Å². The van der Waals surface area contributed by atoms with Crippen LogP contribution < -0.4 is 19.1 Å². The van der Waals surface area contributed by atoms with Crippen LogP contribution in [0.3, 0.4) is 0 Å². The Morgan fingerprint density at radius 2 is 1.81 bits per heavy atom. The Bertz CT molecular complexity index is 788. The molecule has 0 saturated heterocycles. The van der Waals surface area contributed by atoms with E-state index in [1.54, 1.807) is 25.3 Å². The molecule has 26 heavy (non-hydrogen) atoms. The van der Waals surface area contributed by atoms with Gasteiger partial charge >= 0.3 is 0 Å². The maximum absolute atomic E-state index is 13.1. The number of benzene rings is 2. The van der Waals surface area contributed by atoms with Crippen LogP contribution >= 0.6 is 0 Å². The molecule has 0 spiro atoms. The Morgan fingerprint density at radius 3 is 2.54 bits per heavy atom. The van der Waals surface area contributed by atoms with Crippen LogP contribution in [0.2, 0.25) is 0 Å². The standard InChI is InChI=1S/C21H25NO4/c1-4-25-19-11-8-16(14-20(19)26-5-2)21(23)22-12-6-7-15-13-17(24-3)9-10-18(15)22/h8-11,13-14H,4-7,12H2,1-3H3. The third-order valence-corrected chi connectivity index (χ3v) is 4.44. The Morgan fingerprint density at radius 1 is 1.04 bits per heavy atom. The molecule has 0 fully saturated rings. The molecule has 5 nitrogen and oxygen atoms in total. The zero-order valence-electron chi connectivity index (χ0n) is 15.6. The van der Waals surface area contributed by atoms with Gasteiger partial charge in [-0.25, -0.2) is 0 Å². The van der Waals surface area contributed by atoms with Crippen LogP contribution in [0.5, 0.6) is 17.2 Å². The zero-order chi connectivity index (χ0) is 18.5. The lowest BCUT2D eigenvalue weighted by Crippen LogP contribution is -2.35. The van der Waals surface area contributed by atoms with Gasteiger partial charge in [0.05, 0.1) is 20.3 Å². The highest BCUT2D eigenvalue weighted by Crippen LogP contribution is 2.33. The first-order chi connectivity index (χ1) is 12.7. The lowest BCUT2D eigenvalue weighted by atomic mass is 10.00. The quantitative estimate of drug-likeness (QED) is 0.783. The molecule has 1 heterocycles. The highest BCUT2D eigenvalue weighted by atomic mass is 16.5. The maximum atomic E-state index is 13.1. The maximum Gasteiger partial charge on any atom is 0.258 e. The smallest absolute Gasteiger partial charge is 0.258 e. The van der Waals surface area contributed by atoms with E-state index in [1.165, 1.54) is 0 Å². The van der Waals surface area contributed by atoms with Gasteiger partial charge in [-0.05, 0) is 68.7 Å². The molecule has 1 aliphatic rings. The molecule has 0 N–H and O–H groups in total. The third-order valence-electron chi connectivity index (χ3n) is 4.44. The molecular weight excluding hydrogens is 330 g/mol. The predicted molar refractivity (Wildman–Crippen MR) is 102 cm³/mol. The number of hydrogen-bond acceptors (Lipinski definition) is 4. The van der Waals surface area contributed by atoms with Crippen molar-refractivity contribution in [2.75, 3.05) is 31.8 Å². The minimum Gasteiger partial charge on any atom is -0.497 e. The minimum absolute atomic E-state index is 0.0277. The highest BCUT2D eigenvalue weighted by Gasteiger charge is 2.25. The van der Waals surface area contributed by atoms with Crippen molar-refractivity contribution in [3.63, 3.8) is 0 Å². The Kier molecular flexibility index (Phi) is 5.66. The van der Waals surface area contributed by atoms with Crippen molar-refractivity contribution in [3.05, 3.63) is 47.5 Å². The second-order valence-electron chi connectivity index (χ2n) is 6.08. The van der Waals surface area contributed by atoms with Crippen molar-refractivity contribution < 1.29 is 19.0 Å². The Labute approximate surface area is 154 Å². The number of carbonyl (C=O) groups is 1. The number of methoxy groups -OCH3 is 1. The van der Waals surface area contributed by atoms with Crippen molar-refractivity contribution in [3.8, 4) is 17.2 Å². The monoisotopic (exact) mass is 355 g/mol. The van der Waals surface area contributed by atoms with Gasteiger partial charge in [0.2, 0.25) is 0 Å². The van der Waals surface area contributed by atoms with E-state index >= 15 is 0 Å². The van der Waals surface area contributed by atoms with Gasteiger partial charge in [-0.1, -0.05) is 0 Å². The molecule has 1 aliphatic heterocycles. The zero-order valence-corrected chi connectivity index (χ0v) is 15.6. The van der Waals surface area contributed by atoms with E-state index in [4.69, 9.17) is 14.2 Å². The number of fused-ring (bicyclic) bond motifs is 1. The fraction of sp³-hybridized carbons (Fsp3) is 0.381. The second-order valence-corrected chi connectivity index (χ2v) is 6.08. The number of anilines is 1. The normalized spacial score (nSPS) is 13.1. The Balaban J connectivity index is 1.92. The third kappa shape index (κ3) is 3.62. The van der Waals surface area contributed by atoms with Crippen LogP contribution in [-0.2, 0) is 6.42 Å². The number of amides is 1. The first-order valence-electron chi connectivity index (χ1n) is 9.06. The number of rotatable bonds is 6. The summed E-state index contributed by atoms with van der Waals surface area (Å²) in [6.45, 7) is 5.61. The van der Waals surface area contributed by atoms with Gasteiger partial charge in [0.25, 0.3) is 5.91 Å². The molecule has 3 rings (SSSR count). The van der Waals surface area contributed by atoms with E-state index in [1.807, 2.05) is 36.9 Å². The number of aryl methyl sites for hydroxylation is 1. The summed E-state index contributed by atoms with van der Waals surface area (Å²) in [5, 5.41) is 0. The first kappa shape index (κ1) is 18.1. The SMILES string of the molecule is CCOc1ccc(C(=O)N2CCCc3cc(OC)ccc32)cc1OCC. The van der Waals surface area contributed by atoms with Crippen LogP contribution in [-0.4, -0.2) is 32.8 Å². The van der Waals surface area contributed by atoms with Crippen LogP contribution in [0, 0.1) is 0 Å². The molecule has 2 aromatic rings. The largest absolute Gasteiger partial charge is 0.497 e. The predicted octanol–water partition coefficient (Wildman–Crippen LogP) is 4.09. The molecule has 0 unspecified atom stereocenters. The van der Waals surface area contributed by atoms with Gasteiger partial charge in [0.15, 0.2) is 11.5 Å². The van der Waals surface area contributed by atoms with E-state index in [0.29, 0.717) is 36.8 Å². The van der Waals surface area contributed by atoms with E-state index in [-0.39, 0.29) is 5.91 Å². The molecule has 1 amide bonds. The van der Waals surface area contributed by atoms with E-state index in [2.05, 4.69) is 0 Å². The summed E-state index contributed by atoms with van der Waals surface area (Å²) >= 11 is 0. The summed E-state index contributed by atoms with van der Waals surface area (Å²) < 4.78 is 16.5. The minimum atomic E-state index is -0.0277. The molecule has 5 heteroatoms. The summed E-state index contributed by atoms with van der Waals surface area (Å²) in [7, 11) is 1.66. The fourth-order valence-corrected chi connectivity index (χ4v) is 3.25. The van der Waals surface area contributed by atoms with Crippen molar-refractivity contribution in [2.45, 2.75) is 26.7 Å². The molecule has 0 aliphatic carbocycles. The topological polar surface area (TPSA) is 48.0 Å². The molecule has 0 aromatic heterocycles. The average Bonchev–Trinajstić information content (AvgIpc) is 2.68. The van der Waals surface area contributed by atoms with Crippen LogP contribution in [0.25, 0.3) is 0 Å². The lowest BCUT2D eigenvalue weighted by Gasteiger charge is -2.30. The molecule has 0 radical (unpaired) electrons. The summed E-state index contributed by atoms with van der Waals surface area (Å²) in [6, 6.07) is 11.2. The summed E-state index contributed by atoms with van der Waals surface area (Å²) in [5.41, 5.74) is 2.69. The highest BCUT2D eigenvalue weighted by molar-refractivity contribution is 6.07. The second kappa shape index (κ2) is 8.13. The van der Waals surface area contributed by atoms with Crippen molar-refractivity contribution >= 4 is 11.6 Å². The van der Waals surface area contributed by atoms with Gasteiger partial charge in [0, 0.05) is 17.8 Å². The van der Waals surface area contributed by atoms with Crippen LogP contribution in [0.15, 0.2) is 36.4 Å². The number of carbonyl (C=O) groups excluding carboxylic acids is 1. The fourth-order valence-electron chi connectivity index (χ4n) is 3.25. The van der Waals surface area contributed by atoms with E-state index in [9.17, 15) is 4.79 Å². The average molecular weight is 355 g/mol. The molecule has 0 atom stereocenters. The summed E-state index contributed by atoms with van der Waals surface area (Å²) in [5.74, 6) is 2.06. The van der Waals surface area contributed by atoms with Crippen molar-refractivity contribution in [1.82, 2.24) is 0 Å². The molecule has 0 bridgehead atoms. The van der Waals surface area contributed by atoms with Crippen molar-refractivity contribution in [1.29, 1.82) is 0 Å². The summed E-state index contributed by atoms with van der Waals surface area (Å²) in [6.07, 6.45) is 1.88. The number of hydrogen-bond donors (Lipinski definition) is 0. The van der Waals surface area contributed by atoms with E-state index in [0.717, 1.165) is 29.8 Å². The van der Waals surface area contributed by atoms with Gasteiger partial charge < -0.3 is 19.1 Å². The Hall–Kier alpha value is -2.69. The van der Waals surface area contributed by atoms with Crippen LogP contribution in [0.4, 0.5) is 5.69 Å². The molecule has 138 valence electrons.